The predicted molar refractivity (Wildman–Crippen MR) is 81.3 cm³/mol. The molecule has 4 heteroatoms. The number of furan rings is 1. The first-order chi connectivity index (χ1) is 9.76. The fourth-order valence-corrected chi connectivity index (χ4v) is 2.12. The Morgan fingerprint density at radius 3 is 2.60 bits per heavy atom. The summed E-state index contributed by atoms with van der Waals surface area (Å²) in [5, 5.41) is 0.451. The van der Waals surface area contributed by atoms with Gasteiger partial charge in [0, 0.05) is 11.1 Å². The average Bonchev–Trinajstić information content (AvgIpc) is 3.10. The third-order valence-electron chi connectivity index (χ3n) is 2.94. The quantitative estimate of drug-likeness (QED) is 0.628. The van der Waals surface area contributed by atoms with Gasteiger partial charge in [0.2, 0.25) is 0 Å². The summed E-state index contributed by atoms with van der Waals surface area (Å²) in [4.78, 5) is 0. The second-order valence-electron chi connectivity index (χ2n) is 4.24. The molecule has 1 aliphatic heterocycles. The average molecular weight is 284 g/mol. The Morgan fingerprint density at radius 2 is 1.95 bits per heavy atom. The molecule has 2 heterocycles. The standard InChI is InChI=1S/C16H12O3S/c1-17-13-6-4-11(5-7-13)15-10-12(16(20)19-15)9-14-3-2-8-18-14/h2-10H,1H3/b12-9+. The normalized spacial score (nSPS) is 16.1. The lowest BCUT2D eigenvalue weighted by atomic mass is 10.1. The number of methoxy groups -OCH3 is 1. The summed E-state index contributed by atoms with van der Waals surface area (Å²) in [7, 11) is 1.64. The van der Waals surface area contributed by atoms with Crippen LogP contribution in [-0.4, -0.2) is 12.2 Å². The molecule has 0 atom stereocenters. The Balaban J connectivity index is 1.89. The van der Waals surface area contributed by atoms with Crippen LogP contribution in [0.1, 0.15) is 11.3 Å². The van der Waals surface area contributed by atoms with E-state index in [1.807, 2.05) is 48.6 Å². The van der Waals surface area contributed by atoms with Crippen LogP contribution in [-0.2, 0) is 4.74 Å². The zero-order valence-electron chi connectivity index (χ0n) is 10.8. The monoisotopic (exact) mass is 284 g/mol. The molecule has 0 spiro atoms. The lowest BCUT2D eigenvalue weighted by Gasteiger charge is -2.04. The van der Waals surface area contributed by atoms with Gasteiger partial charge in [0.05, 0.1) is 13.4 Å². The van der Waals surface area contributed by atoms with Crippen LogP contribution in [0.2, 0.25) is 0 Å². The van der Waals surface area contributed by atoms with Crippen molar-refractivity contribution in [2.75, 3.05) is 7.11 Å². The third-order valence-corrected chi connectivity index (χ3v) is 3.26. The van der Waals surface area contributed by atoms with Crippen molar-refractivity contribution in [3.05, 3.63) is 65.6 Å². The molecule has 0 radical (unpaired) electrons. The summed E-state index contributed by atoms with van der Waals surface area (Å²) < 4.78 is 16.0. The van der Waals surface area contributed by atoms with Gasteiger partial charge in [0.15, 0.2) is 5.05 Å². The Kier molecular flexibility index (Phi) is 3.39. The first-order valence-electron chi connectivity index (χ1n) is 6.10. The molecule has 0 amide bonds. The van der Waals surface area contributed by atoms with Crippen molar-refractivity contribution in [1.29, 1.82) is 0 Å². The molecule has 1 aliphatic rings. The van der Waals surface area contributed by atoms with Crippen LogP contribution >= 0.6 is 12.2 Å². The number of ether oxygens (including phenoxy) is 2. The number of hydrogen-bond acceptors (Lipinski definition) is 4. The van der Waals surface area contributed by atoms with E-state index in [-0.39, 0.29) is 0 Å². The molecule has 20 heavy (non-hydrogen) atoms. The Morgan fingerprint density at radius 1 is 1.15 bits per heavy atom. The molecule has 0 saturated heterocycles. The van der Waals surface area contributed by atoms with Crippen LogP contribution in [0.25, 0.3) is 11.8 Å². The van der Waals surface area contributed by atoms with E-state index >= 15 is 0 Å². The highest BCUT2D eigenvalue weighted by molar-refractivity contribution is 7.80. The predicted octanol–water partition coefficient (Wildman–Crippen LogP) is 4.07. The Labute approximate surface area is 122 Å². The molecule has 3 nitrogen and oxygen atoms in total. The van der Waals surface area contributed by atoms with Crippen LogP contribution in [0.3, 0.4) is 0 Å². The molecule has 0 N–H and O–H groups in total. The lowest BCUT2D eigenvalue weighted by molar-refractivity contribution is 0.414. The van der Waals surface area contributed by atoms with Gasteiger partial charge in [-0.25, -0.2) is 0 Å². The van der Waals surface area contributed by atoms with Crippen LogP contribution < -0.4 is 4.74 Å². The van der Waals surface area contributed by atoms with Gasteiger partial charge in [-0.2, -0.15) is 0 Å². The molecule has 0 unspecified atom stereocenters. The van der Waals surface area contributed by atoms with Crippen molar-refractivity contribution in [1.82, 2.24) is 0 Å². The molecule has 1 aromatic heterocycles. The molecular weight excluding hydrogens is 272 g/mol. The molecule has 0 aliphatic carbocycles. The van der Waals surface area contributed by atoms with Gasteiger partial charge in [-0.1, -0.05) is 0 Å². The van der Waals surface area contributed by atoms with Crippen molar-refractivity contribution >= 4 is 29.1 Å². The van der Waals surface area contributed by atoms with Crippen molar-refractivity contribution in [3.8, 4) is 5.75 Å². The van der Waals surface area contributed by atoms with Gasteiger partial charge in [0.25, 0.3) is 0 Å². The second kappa shape index (κ2) is 5.35. The van der Waals surface area contributed by atoms with Crippen molar-refractivity contribution in [3.63, 3.8) is 0 Å². The highest BCUT2D eigenvalue weighted by Gasteiger charge is 2.18. The summed E-state index contributed by atoms with van der Waals surface area (Å²) in [5.74, 6) is 2.29. The molecule has 0 saturated carbocycles. The SMILES string of the molecule is COc1ccc(C2=C/C(=C\c3ccco3)C(=S)O2)cc1. The molecule has 3 rings (SSSR count). The van der Waals surface area contributed by atoms with Crippen molar-refractivity contribution < 1.29 is 13.9 Å². The van der Waals surface area contributed by atoms with Crippen molar-refractivity contribution in [2.24, 2.45) is 0 Å². The number of benzene rings is 1. The van der Waals surface area contributed by atoms with Gasteiger partial charge >= 0.3 is 0 Å². The summed E-state index contributed by atoms with van der Waals surface area (Å²) in [5.41, 5.74) is 1.79. The van der Waals surface area contributed by atoms with E-state index in [2.05, 4.69) is 0 Å². The van der Waals surface area contributed by atoms with Crippen molar-refractivity contribution in [2.45, 2.75) is 0 Å². The zero-order chi connectivity index (χ0) is 13.9. The Hall–Kier alpha value is -2.33. The topological polar surface area (TPSA) is 31.6 Å². The van der Waals surface area contributed by atoms with Crippen LogP contribution in [0.15, 0.2) is 58.7 Å². The van der Waals surface area contributed by atoms with Crippen LogP contribution in [0.4, 0.5) is 0 Å². The smallest absolute Gasteiger partial charge is 0.198 e. The molecule has 1 aromatic carbocycles. The van der Waals surface area contributed by atoms with Gasteiger partial charge in [0.1, 0.15) is 17.3 Å². The first kappa shape index (κ1) is 12.7. The fraction of sp³-hybridized carbons (Fsp3) is 0.0625. The van der Waals surface area contributed by atoms with Crippen LogP contribution in [0.5, 0.6) is 5.75 Å². The summed E-state index contributed by atoms with van der Waals surface area (Å²) in [6, 6.07) is 11.3. The highest BCUT2D eigenvalue weighted by Crippen LogP contribution is 2.29. The van der Waals surface area contributed by atoms with E-state index in [1.165, 1.54) is 0 Å². The van der Waals surface area contributed by atoms with Gasteiger partial charge in [-0.05, 0) is 60.8 Å². The lowest BCUT2D eigenvalue weighted by Crippen LogP contribution is -1.94. The molecule has 0 fully saturated rings. The van der Waals surface area contributed by atoms with Gasteiger partial charge < -0.3 is 13.9 Å². The van der Waals surface area contributed by atoms with E-state index in [0.29, 0.717) is 5.05 Å². The maximum atomic E-state index is 5.62. The second-order valence-corrected chi connectivity index (χ2v) is 4.61. The molecule has 100 valence electrons. The minimum Gasteiger partial charge on any atom is -0.497 e. The third kappa shape index (κ3) is 2.51. The van der Waals surface area contributed by atoms with E-state index in [1.54, 1.807) is 13.4 Å². The summed E-state index contributed by atoms with van der Waals surface area (Å²) in [6.45, 7) is 0. The molecule has 0 bridgehead atoms. The minimum absolute atomic E-state index is 0.451. The van der Waals surface area contributed by atoms with E-state index in [4.69, 9.17) is 26.1 Å². The molecule has 2 aromatic rings. The van der Waals surface area contributed by atoms with E-state index in [0.717, 1.165) is 28.4 Å². The van der Waals surface area contributed by atoms with Gasteiger partial charge in [-0.15, -0.1) is 0 Å². The summed E-state index contributed by atoms with van der Waals surface area (Å²) in [6.07, 6.45) is 5.39. The molecular formula is C16H12O3S. The van der Waals surface area contributed by atoms with E-state index < -0.39 is 0 Å². The summed E-state index contributed by atoms with van der Waals surface area (Å²) >= 11 is 5.23. The zero-order valence-corrected chi connectivity index (χ0v) is 11.6. The van der Waals surface area contributed by atoms with Gasteiger partial charge in [-0.3, -0.25) is 0 Å². The Bertz CT molecular complexity index is 679. The minimum atomic E-state index is 0.451. The number of rotatable bonds is 3. The fourth-order valence-electron chi connectivity index (χ4n) is 1.91. The van der Waals surface area contributed by atoms with Crippen LogP contribution in [0, 0.1) is 0 Å². The maximum absolute atomic E-state index is 5.62. The first-order valence-corrected chi connectivity index (χ1v) is 6.50. The maximum Gasteiger partial charge on any atom is 0.198 e. The number of hydrogen-bond donors (Lipinski definition) is 0. The number of thiocarbonyl (C=S) groups is 1. The largest absolute Gasteiger partial charge is 0.497 e. The van der Waals surface area contributed by atoms with E-state index in [9.17, 15) is 0 Å². The highest BCUT2D eigenvalue weighted by atomic mass is 32.1.